The van der Waals surface area contributed by atoms with Crippen LogP contribution in [0.5, 0.6) is 0 Å². The fourth-order valence-electron chi connectivity index (χ4n) is 3.65. The quantitative estimate of drug-likeness (QED) is 0.381. The van der Waals surface area contributed by atoms with Gasteiger partial charge in [0.25, 0.3) is 0 Å². The molecule has 1 aliphatic heterocycles. The second kappa shape index (κ2) is 9.49. The molecule has 1 aliphatic rings. The van der Waals surface area contributed by atoms with Crippen LogP contribution in [0.3, 0.4) is 0 Å². The highest BCUT2D eigenvalue weighted by Crippen LogP contribution is 2.33. The normalized spacial score (nSPS) is 20.1. The molecule has 4 N–H and O–H groups in total. The number of aromatic amines is 1. The molecule has 180 valence electrons. The fourth-order valence-corrected chi connectivity index (χ4v) is 3.65. The Morgan fingerprint density at radius 1 is 1.00 bits per heavy atom. The summed E-state index contributed by atoms with van der Waals surface area (Å²) in [6, 6.07) is 14.0. The molecule has 0 spiro atoms. The Kier molecular flexibility index (Phi) is 6.25. The van der Waals surface area contributed by atoms with Crippen LogP contribution in [-0.4, -0.2) is 38.7 Å². The van der Waals surface area contributed by atoms with Crippen LogP contribution < -0.4 is 11.1 Å². The maximum atomic E-state index is 13.6. The van der Waals surface area contributed by atoms with Crippen LogP contribution in [0.2, 0.25) is 0 Å². The molecule has 0 bridgehead atoms. The van der Waals surface area contributed by atoms with Gasteiger partial charge in [-0.05, 0) is 55.0 Å². The van der Waals surface area contributed by atoms with Crippen LogP contribution in [0.4, 0.5) is 14.7 Å². The number of nitrogens with two attached hydrogens (primary N) is 1. The molecule has 1 saturated heterocycles. The van der Waals surface area contributed by atoms with E-state index in [9.17, 15) is 8.78 Å². The van der Waals surface area contributed by atoms with Gasteiger partial charge in [-0.1, -0.05) is 12.1 Å². The van der Waals surface area contributed by atoms with Gasteiger partial charge >= 0.3 is 0 Å². The van der Waals surface area contributed by atoms with E-state index in [1.807, 2.05) is 6.92 Å². The van der Waals surface area contributed by atoms with E-state index in [-0.39, 0.29) is 11.6 Å². The second-order valence-corrected chi connectivity index (χ2v) is 8.71. The number of rotatable bonds is 6. The number of hydrogen-bond acceptors (Lipinski definition) is 7. The SMILES string of the molecule is CC1(N)COC(c2nc(-c3ccc(F)cc3)c(-c3ccnc(NCc4ccc(F)cc4)n3)[nH]2)OC1. The van der Waals surface area contributed by atoms with Gasteiger partial charge in [0.1, 0.15) is 11.6 Å². The standard InChI is InChI=1S/C25H24F2N6O2/c1-25(28)13-34-23(35-14-25)22-32-20(16-4-8-18(27)9-5-16)21(33-22)19-10-11-29-24(31-19)30-12-15-2-6-17(26)7-3-15/h2-11,23H,12-14,28H2,1H3,(H,32,33)(H,29,30,31). The first-order chi connectivity index (χ1) is 16.9. The smallest absolute Gasteiger partial charge is 0.223 e. The first-order valence-corrected chi connectivity index (χ1v) is 11.1. The number of hydrogen-bond donors (Lipinski definition) is 3. The molecule has 35 heavy (non-hydrogen) atoms. The molecule has 0 radical (unpaired) electrons. The van der Waals surface area contributed by atoms with Crippen molar-refractivity contribution in [1.29, 1.82) is 0 Å². The number of anilines is 1. The number of aromatic nitrogens is 4. The number of nitrogens with one attached hydrogen (secondary N) is 2. The van der Waals surface area contributed by atoms with Crippen molar-refractivity contribution < 1.29 is 18.3 Å². The zero-order valence-electron chi connectivity index (χ0n) is 19.0. The lowest BCUT2D eigenvalue weighted by Gasteiger charge is -2.33. The minimum atomic E-state index is -0.725. The summed E-state index contributed by atoms with van der Waals surface area (Å²) < 4.78 is 38.3. The maximum Gasteiger partial charge on any atom is 0.223 e. The monoisotopic (exact) mass is 478 g/mol. The predicted octanol–water partition coefficient (Wildman–Crippen LogP) is 4.19. The van der Waals surface area contributed by atoms with E-state index in [4.69, 9.17) is 20.2 Å². The minimum absolute atomic E-state index is 0.294. The molecule has 1 fully saturated rings. The molecular weight excluding hydrogens is 454 g/mol. The van der Waals surface area contributed by atoms with Gasteiger partial charge < -0.3 is 25.5 Å². The third kappa shape index (κ3) is 5.35. The highest BCUT2D eigenvalue weighted by Gasteiger charge is 2.32. The predicted molar refractivity (Wildman–Crippen MR) is 126 cm³/mol. The van der Waals surface area contributed by atoms with Crippen molar-refractivity contribution in [3.63, 3.8) is 0 Å². The first-order valence-electron chi connectivity index (χ1n) is 11.1. The summed E-state index contributed by atoms with van der Waals surface area (Å²) in [6.45, 7) is 2.89. The number of imidazole rings is 1. The van der Waals surface area contributed by atoms with E-state index >= 15 is 0 Å². The van der Waals surface area contributed by atoms with E-state index in [1.54, 1.807) is 36.5 Å². The minimum Gasteiger partial charge on any atom is -0.350 e. The van der Waals surface area contributed by atoms with Gasteiger partial charge in [-0.25, -0.2) is 23.7 Å². The number of H-pyrrole nitrogens is 1. The third-order valence-corrected chi connectivity index (χ3v) is 5.47. The molecule has 3 heterocycles. The van der Waals surface area contributed by atoms with Crippen molar-refractivity contribution in [1.82, 2.24) is 19.9 Å². The molecule has 2 aromatic heterocycles. The van der Waals surface area contributed by atoms with Gasteiger partial charge in [-0.15, -0.1) is 0 Å². The van der Waals surface area contributed by atoms with Crippen LogP contribution in [-0.2, 0) is 16.0 Å². The van der Waals surface area contributed by atoms with Gasteiger partial charge in [0.15, 0.2) is 5.82 Å². The number of benzene rings is 2. The lowest BCUT2D eigenvalue weighted by atomic mass is 10.1. The highest BCUT2D eigenvalue weighted by atomic mass is 19.1. The van der Waals surface area contributed by atoms with Gasteiger partial charge in [0.05, 0.1) is 35.8 Å². The van der Waals surface area contributed by atoms with Crippen LogP contribution in [0.15, 0.2) is 60.8 Å². The van der Waals surface area contributed by atoms with Crippen molar-refractivity contribution >= 4 is 5.95 Å². The summed E-state index contributed by atoms with van der Waals surface area (Å²) in [6.07, 6.45) is 0.898. The van der Waals surface area contributed by atoms with Crippen LogP contribution in [0.25, 0.3) is 22.6 Å². The van der Waals surface area contributed by atoms with Gasteiger partial charge in [0.2, 0.25) is 12.2 Å². The number of halogens is 2. The average molecular weight is 479 g/mol. The van der Waals surface area contributed by atoms with Crippen molar-refractivity contribution in [3.8, 4) is 22.6 Å². The molecule has 0 amide bonds. The molecule has 0 atom stereocenters. The van der Waals surface area contributed by atoms with Gasteiger partial charge in [0, 0.05) is 18.3 Å². The summed E-state index contributed by atoms with van der Waals surface area (Å²) in [7, 11) is 0. The topological polar surface area (TPSA) is 111 Å². The zero-order chi connectivity index (χ0) is 24.4. The van der Waals surface area contributed by atoms with E-state index in [2.05, 4.69) is 20.3 Å². The summed E-state index contributed by atoms with van der Waals surface area (Å²) in [5, 5.41) is 3.14. The van der Waals surface area contributed by atoms with Gasteiger partial charge in [-0.2, -0.15) is 0 Å². The zero-order valence-corrected chi connectivity index (χ0v) is 19.0. The highest BCUT2D eigenvalue weighted by molar-refractivity contribution is 5.77. The lowest BCUT2D eigenvalue weighted by molar-refractivity contribution is -0.211. The molecule has 2 aromatic carbocycles. The molecular formula is C25H24F2N6O2. The molecule has 0 aliphatic carbocycles. The maximum absolute atomic E-state index is 13.6. The lowest BCUT2D eigenvalue weighted by Crippen LogP contribution is -2.50. The number of ether oxygens (including phenoxy) is 2. The van der Waals surface area contributed by atoms with E-state index in [1.165, 1.54) is 24.3 Å². The molecule has 0 saturated carbocycles. The number of nitrogens with zero attached hydrogens (tertiary/aromatic N) is 3. The molecule has 8 nitrogen and oxygen atoms in total. The van der Waals surface area contributed by atoms with Crippen molar-refractivity contribution in [2.45, 2.75) is 25.3 Å². The van der Waals surface area contributed by atoms with Crippen LogP contribution >= 0.6 is 0 Å². The Morgan fingerprint density at radius 2 is 1.66 bits per heavy atom. The van der Waals surface area contributed by atoms with Crippen molar-refractivity contribution in [3.05, 3.63) is 83.8 Å². The largest absolute Gasteiger partial charge is 0.350 e. The summed E-state index contributed by atoms with van der Waals surface area (Å²) in [4.78, 5) is 16.9. The Morgan fingerprint density at radius 3 is 2.34 bits per heavy atom. The second-order valence-electron chi connectivity index (χ2n) is 8.71. The summed E-state index contributed by atoms with van der Waals surface area (Å²) >= 11 is 0. The van der Waals surface area contributed by atoms with Crippen LogP contribution in [0, 0.1) is 11.6 Å². The molecule has 5 rings (SSSR count). The average Bonchev–Trinajstić information content (AvgIpc) is 3.30. The Labute approximate surface area is 200 Å². The molecule has 0 unspecified atom stereocenters. The van der Waals surface area contributed by atoms with Crippen molar-refractivity contribution in [2.75, 3.05) is 18.5 Å². The Balaban J connectivity index is 1.45. The summed E-state index contributed by atoms with van der Waals surface area (Å²) in [5.41, 5.74) is 8.83. The van der Waals surface area contributed by atoms with E-state index in [0.717, 1.165) is 5.56 Å². The van der Waals surface area contributed by atoms with E-state index in [0.29, 0.717) is 54.2 Å². The molecule has 10 heteroatoms. The fraction of sp³-hybridized carbons (Fsp3) is 0.240. The summed E-state index contributed by atoms with van der Waals surface area (Å²) in [5.74, 6) is 0.199. The van der Waals surface area contributed by atoms with E-state index < -0.39 is 11.8 Å². The third-order valence-electron chi connectivity index (χ3n) is 5.47. The van der Waals surface area contributed by atoms with Crippen molar-refractivity contribution in [2.24, 2.45) is 5.73 Å². The van der Waals surface area contributed by atoms with Gasteiger partial charge in [-0.3, -0.25) is 0 Å². The Bertz CT molecular complexity index is 1300. The Hall–Kier alpha value is -3.73. The van der Waals surface area contributed by atoms with Crippen LogP contribution in [0.1, 0.15) is 24.6 Å². The molecule has 4 aromatic rings. The first kappa shape index (κ1) is 23.0.